The zero-order valence-electron chi connectivity index (χ0n) is 12.3. The lowest BCUT2D eigenvalue weighted by molar-refractivity contribution is -0.0521. The van der Waals surface area contributed by atoms with E-state index in [0.717, 1.165) is 25.3 Å². The lowest BCUT2D eigenvalue weighted by Gasteiger charge is -2.36. The number of nitrogens with two attached hydrogens (primary N) is 1. The zero-order valence-corrected chi connectivity index (χ0v) is 12.3. The Labute approximate surface area is 122 Å². The Morgan fingerprint density at radius 1 is 1.33 bits per heavy atom. The van der Waals surface area contributed by atoms with Crippen LogP contribution in [0.25, 0.3) is 0 Å². The van der Waals surface area contributed by atoms with Crippen LogP contribution in [0.1, 0.15) is 32.6 Å². The van der Waals surface area contributed by atoms with E-state index in [9.17, 15) is 13.2 Å². The molecule has 1 aromatic carbocycles. The number of alkyl halides is 2. The predicted molar refractivity (Wildman–Crippen MR) is 77.3 cm³/mol. The first-order valence-electron chi connectivity index (χ1n) is 7.15. The van der Waals surface area contributed by atoms with E-state index in [1.165, 1.54) is 12.5 Å². The van der Waals surface area contributed by atoms with Gasteiger partial charge in [-0.1, -0.05) is 19.8 Å². The molecule has 2 N–H and O–H groups in total. The van der Waals surface area contributed by atoms with Crippen LogP contribution in [-0.4, -0.2) is 19.7 Å². The topological polar surface area (TPSA) is 38.5 Å². The molecule has 1 saturated carbocycles. The van der Waals surface area contributed by atoms with Gasteiger partial charge in [0.2, 0.25) is 0 Å². The van der Waals surface area contributed by atoms with E-state index in [1.54, 1.807) is 0 Å². The Hall–Kier alpha value is -1.59. The fourth-order valence-corrected chi connectivity index (χ4v) is 3.00. The first-order chi connectivity index (χ1) is 9.88. The highest BCUT2D eigenvalue weighted by molar-refractivity contribution is 5.70. The van der Waals surface area contributed by atoms with Crippen LogP contribution in [0.3, 0.4) is 0 Å². The Balaban J connectivity index is 2.25. The van der Waals surface area contributed by atoms with Crippen LogP contribution in [-0.2, 0) is 0 Å². The second-order valence-corrected chi connectivity index (χ2v) is 5.76. The number of nitrogens with zero attached hydrogens (tertiary/aromatic N) is 1. The molecule has 118 valence electrons. The lowest BCUT2D eigenvalue weighted by atomic mass is 9.86. The molecule has 0 saturated heterocycles. The molecule has 1 aliphatic carbocycles. The maximum Gasteiger partial charge on any atom is 0.387 e. The molecule has 1 fully saturated rings. The van der Waals surface area contributed by atoms with Gasteiger partial charge >= 0.3 is 6.61 Å². The van der Waals surface area contributed by atoms with Gasteiger partial charge in [0, 0.05) is 25.2 Å². The van der Waals surface area contributed by atoms with Gasteiger partial charge in [-0.2, -0.15) is 8.78 Å². The molecule has 0 heterocycles. The number of benzene rings is 1. The fraction of sp³-hybridized carbons (Fsp3) is 0.600. The number of halogens is 3. The second-order valence-electron chi connectivity index (χ2n) is 5.76. The smallest absolute Gasteiger partial charge is 0.387 e. The molecular weight excluding hydrogens is 281 g/mol. The normalized spacial score (nSPS) is 22.4. The average molecular weight is 302 g/mol. The summed E-state index contributed by atoms with van der Waals surface area (Å²) in [5, 5.41) is 0. The van der Waals surface area contributed by atoms with E-state index in [4.69, 9.17) is 5.73 Å². The highest BCUT2D eigenvalue weighted by atomic mass is 19.3. The van der Waals surface area contributed by atoms with Crippen LogP contribution >= 0.6 is 0 Å². The second kappa shape index (κ2) is 6.45. The van der Waals surface area contributed by atoms with Gasteiger partial charge in [0.15, 0.2) is 11.6 Å². The standard InChI is InChI=1S/C15H21F3N2O/c1-9-4-3-5-10(6-9)20(2)13-8-14(21-15(17)18)11(16)7-12(13)19/h7-10,15H,3-6,19H2,1-2H3. The van der Waals surface area contributed by atoms with Crippen molar-refractivity contribution in [1.29, 1.82) is 0 Å². The molecule has 2 atom stereocenters. The van der Waals surface area contributed by atoms with E-state index in [1.807, 2.05) is 11.9 Å². The summed E-state index contributed by atoms with van der Waals surface area (Å²) in [6.07, 6.45) is 4.35. The highest BCUT2D eigenvalue weighted by Crippen LogP contribution is 2.36. The van der Waals surface area contributed by atoms with Crippen molar-refractivity contribution in [2.75, 3.05) is 17.7 Å². The zero-order chi connectivity index (χ0) is 15.6. The van der Waals surface area contributed by atoms with E-state index in [0.29, 0.717) is 11.6 Å². The molecule has 2 rings (SSSR count). The molecule has 0 amide bonds. The Kier molecular flexibility index (Phi) is 4.85. The predicted octanol–water partition coefficient (Wildman–Crippen LogP) is 4.02. The minimum Gasteiger partial charge on any atom is -0.432 e. The molecule has 1 aromatic rings. The summed E-state index contributed by atoms with van der Waals surface area (Å²) in [5.74, 6) is -0.725. The first-order valence-corrected chi connectivity index (χ1v) is 7.15. The Morgan fingerprint density at radius 2 is 2.05 bits per heavy atom. The Morgan fingerprint density at radius 3 is 2.67 bits per heavy atom. The monoisotopic (exact) mass is 302 g/mol. The van der Waals surface area contributed by atoms with Gasteiger partial charge < -0.3 is 15.4 Å². The summed E-state index contributed by atoms with van der Waals surface area (Å²) >= 11 is 0. The molecule has 0 aliphatic heterocycles. The van der Waals surface area contributed by atoms with Gasteiger partial charge in [0.25, 0.3) is 0 Å². The summed E-state index contributed by atoms with van der Waals surface area (Å²) in [7, 11) is 1.86. The SMILES string of the molecule is CC1CCCC(N(C)c2cc(OC(F)F)c(F)cc2N)C1. The molecule has 0 bridgehead atoms. The van der Waals surface area contributed by atoms with Crippen molar-refractivity contribution >= 4 is 11.4 Å². The van der Waals surface area contributed by atoms with E-state index in [2.05, 4.69) is 11.7 Å². The molecule has 0 aromatic heterocycles. The molecular formula is C15H21F3N2O. The quantitative estimate of drug-likeness (QED) is 0.854. The van der Waals surface area contributed by atoms with Crippen molar-refractivity contribution in [1.82, 2.24) is 0 Å². The van der Waals surface area contributed by atoms with Crippen molar-refractivity contribution in [3.8, 4) is 5.75 Å². The summed E-state index contributed by atoms with van der Waals surface area (Å²) < 4.78 is 42.4. The third kappa shape index (κ3) is 3.74. The minimum absolute atomic E-state index is 0.231. The maximum atomic E-state index is 13.6. The maximum absolute atomic E-state index is 13.6. The van der Waals surface area contributed by atoms with Crippen molar-refractivity contribution in [3.63, 3.8) is 0 Å². The molecule has 21 heavy (non-hydrogen) atoms. The van der Waals surface area contributed by atoms with Crippen LogP contribution in [0.2, 0.25) is 0 Å². The van der Waals surface area contributed by atoms with Crippen molar-refractivity contribution in [3.05, 3.63) is 17.9 Å². The molecule has 2 unspecified atom stereocenters. The largest absolute Gasteiger partial charge is 0.432 e. The Bertz CT molecular complexity index is 496. The summed E-state index contributed by atoms with van der Waals surface area (Å²) in [4.78, 5) is 1.95. The van der Waals surface area contributed by atoms with Gasteiger partial charge in [-0.25, -0.2) is 4.39 Å². The molecule has 3 nitrogen and oxygen atoms in total. The fourth-order valence-electron chi connectivity index (χ4n) is 3.00. The van der Waals surface area contributed by atoms with Crippen molar-refractivity contribution in [2.45, 2.75) is 45.3 Å². The minimum atomic E-state index is -3.06. The van der Waals surface area contributed by atoms with Crippen LogP contribution in [0.15, 0.2) is 12.1 Å². The first kappa shape index (κ1) is 15.8. The van der Waals surface area contributed by atoms with Gasteiger partial charge in [0.1, 0.15) is 0 Å². The van der Waals surface area contributed by atoms with Crippen LogP contribution in [0.4, 0.5) is 24.5 Å². The summed E-state index contributed by atoms with van der Waals surface area (Å²) in [5.41, 5.74) is 6.60. The van der Waals surface area contributed by atoms with Crippen molar-refractivity contribution < 1.29 is 17.9 Å². The van der Waals surface area contributed by atoms with Crippen LogP contribution in [0.5, 0.6) is 5.75 Å². The van der Waals surface area contributed by atoms with Gasteiger partial charge in [0.05, 0.1) is 11.4 Å². The third-order valence-electron chi connectivity index (χ3n) is 4.13. The number of nitrogen functional groups attached to an aromatic ring is 1. The molecule has 0 radical (unpaired) electrons. The number of hydrogen-bond acceptors (Lipinski definition) is 3. The van der Waals surface area contributed by atoms with E-state index in [-0.39, 0.29) is 11.7 Å². The summed E-state index contributed by atoms with van der Waals surface area (Å²) in [6.45, 7) is -0.865. The van der Waals surface area contributed by atoms with Gasteiger partial charge in [-0.15, -0.1) is 0 Å². The molecule has 6 heteroatoms. The van der Waals surface area contributed by atoms with Crippen LogP contribution < -0.4 is 15.4 Å². The molecule has 0 spiro atoms. The molecule has 1 aliphatic rings. The number of ether oxygens (including phenoxy) is 1. The average Bonchev–Trinajstić information content (AvgIpc) is 2.40. The highest BCUT2D eigenvalue weighted by Gasteiger charge is 2.25. The van der Waals surface area contributed by atoms with Crippen LogP contribution in [0, 0.1) is 11.7 Å². The van der Waals surface area contributed by atoms with Gasteiger partial charge in [-0.05, 0) is 18.8 Å². The number of anilines is 2. The number of hydrogen-bond donors (Lipinski definition) is 1. The van der Waals surface area contributed by atoms with E-state index >= 15 is 0 Å². The number of rotatable bonds is 4. The van der Waals surface area contributed by atoms with Crippen molar-refractivity contribution in [2.24, 2.45) is 5.92 Å². The third-order valence-corrected chi connectivity index (χ3v) is 4.13. The van der Waals surface area contributed by atoms with Gasteiger partial charge in [-0.3, -0.25) is 0 Å². The van der Waals surface area contributed by atoms with E-state index < -0.39 is 18.2 Å². The lowest BCUT2D eigenvalue weighted by Crippen LogP contribution is -2.36. The summed E-state index contributed by atoms with van der Waals surface area (Å²) in [6, 6.07) is 2.58.